The van der Waals surface area contributed by atoms with Crippen LogP contribution < -0.4 is 15.5 Å². The topological polar surface area (TPSA) is 64.7 Å². The van der Waals surface area contributed by atoms with Crippen molar-refractivity contribution in [3.05, 3.63) is 30.3 Å². The molecule has 0 aromatic heterocycles. The molecule has 2 aliphatic rings. The normalized spacial score (nSPS) is 22.2. The van der Waals surface area contributed by atoms with Gasteiger partial charge in [0.1, 0.15) is 0 Å². The van der Waals surface area contributed by atoms with Crippen LogP contribution in [0.2, 0.25) is 0 Å². The summed E-state index contributed by atoms with van der Waals surface area (Å²) in [5, 5.41) is 6.36. The van der Waals surface area contributed by atoms with Crippen molar-refractivity contribution in [3.8, 4) is 0 Å². The van der Waals surface area contributed by atoms with Crippen LogP contribution in [0.15, 0.2) is 30.3 Å². The largest absolute Gasteiger partial charge is 0.354 e. The lowest BCUT2D eigenvalue weighted by Crippen LogP contribution is -2.49. The molecule has 2 amide bonds. The summed E-state index contributed by atoms with van der Waals surface area (Å²) in [6.07, 6.45) is 4.19. The maximum atomic E-state index is 13.0. The number of hydrogen-bond acceptors (Lipinski definition) is 4. The molecule has 29 heavy (non-hydrogen) atoms. The highest BCUT2D eigenvalue weighted by molar-refractivity contribution is 5.95. The molecule has 0 aliphatic carbocycles. The van der Waals surface area contributed by atoms with Gasteiger partial charge in [0.05, 0.1) is 12.6 Å². The number of likely N-dealkylation sites (tertiary alicyclic amines) is 1. The van der Waals surface area contributed by atoms with Crippen molar-refractivity contribution in [1.82, 2.24) is 15.5 Å². The second-order valence-electron chi connectivity index (χ2n) is 8.33. The Balaban J connectivity index is 0.00000300. The van der Waals surface area contributed by atoms with E-state index in [1.165, 1.54) is 0 Å². The first-order chi connectivity index (χ1) is 13.5. The van der Waals surface area contributed by atoms with Crippen LogP contribution in [0.5, 0.6) is 0 Å². The zero-order valence-electron chi connectivity index (χ0n) is 17.6. The Kier molecular flexibility index (Phi) is 9.40. The van der Waals surface area contributed by atoms with Gasteiger partial charge in [0.25, 0.3) is 0 Å². The monoisotopic (exact) mass is 422 g/mol. The first-order valence-electron chi connectivity index (χ1n) is 10.6. The van der Waals surface area contributed by atoms with Gasteiger partial charge in [-0.25, -0.2) is 0 Å². The van der Waals surface area contributed by atoms with E-state index in [9.17, 15) is 9.59 Å². The Bertz CT molecular complexity index is 649. The Morgan fingerprint density at radius 1 is 1.21 bits per heavy atom. The standard InChI is InChI=1S/C22H34N4O2.ClH/c1-17(2)26(19-9-4-3-5-10-19)21(27)16-25-13-7-8-18(15-25)14-24-22(28)20-11-6-12-23-20;/h3-5,9-10,17-18,20,23H,6-8,11-16H2,1-2H3,(H,24,28);1H. The SMILES string of the molecule is CC(C)N(C(=O)CN1CCCC(CNC(=O)C2CCCN2)C1)c1ccccc1.Cl. The fourth-order valence-corrected chi connectivity index (χ4v) is 4.32. The van der Waals surface area contributed by atoms with Gasteiger partial charge in [-0.1, -0.05) is 18.2 Å². The van der Waals surface area contributed by atoms with E-state index in [1.807, 2.05) is 35.2 Å². The van der Waals surface area contributed by atoms with Gasteiger partial charge in [-0.2, -0.15) is 0 Å². The molecule has 2 heterocycles. The summed E-state index contributed by atoms with van der Waals surface area (Å²) in [5.74, 6) is 0.679. The van der Waals surface area contributed by atoms with Crippen LogP contribution in [0.1, 0.15) is 39.5 Å². The molecule has 0 bridgehead atoms. The highest BCUT2D eigenvalue weighted by Gasteiger charge is 2.27. The van der Waals surface area contributed by atoms with Gasteiger partial charge in [0.2, 0.25) is 11.8 Å². The zero-order valence-corrected chi connectivity index (χ0v) is 18.4. The highest BCUT2D eigenvalue weighted by Crippen LogP contribution is 2.20. The van der Waals surface area contributed by atoms with Gasteiger partial charge in [-0.05, 0) is 70.7 Å². The first kappa shape index (κ1) is 23.6. The van der Waals surface area contributed by atoms with E-state index >= 15 is 0 Å². The van der Waals surface area contributed by atoms with Crippen LogP contribution in [0.3, 0.4) is 0 Å². The average molecular weight is 423 g/mol. The minimum Gasteiger partial charge on any atom is -0.354 e. The Morgan fingerprint density at radius 2 is 1.97 bits per heavy atom. The van der Waals surface area contributed by atoms with Crippen LogP contribution in [-0.4, -0.2) is 61.5 Å². The lowest BCUT2D eigenvalue weighted by molar-refractivity contribution is -0.123. The lowest BCUT2D eigenvalue weighted by atomic mass is 9.97. The van der Waals surface area contributed by atoms with Gasteiger partial charge in [-0.3, -0.25) is 14.5 Å². The summed E-state index contributed by atoms with van der Waals surface area (Å²) in [6, 6.07) is 9.98. The molecule has 2 aliphatic heterocycles. The zero-order chi connectivity index (χ0) is 19.9. The molecule has 0 radical (unpaired) electrons. The second-order valence-corrected chi connectivity index (χ2v) is 8.33. The summed E-state index contributed by atoms with van der Waals surface area (Å²) < 4.78 is 0. The quantitative estimate of drug-likeness (QED) is 0.708. The second kappa shape index (κ2) is 11.5. The number of nitrogens with zero attached hydrogens (tertiary/aromatic N) is 2. The third kappa shape index (κ3) is 6.69. The van der Waals surface area contributed by atoms with Crippen LogP contribution in [0.4, 0.5) is 5.69 Å². The number of anilines is 1. The number of carbonyl (C=O) groups is 2. The Labute approximate surface area is 180 Å². The Hall–Kier alpha value is -1.63. The molecule has 1 aromatic carbocycles. The number of benzene rings is 1. The maximum Gasteiger partial charge on any atom is 0.241 e. The maximum absolute atomic E-state index is 13.0. The van der Waals surface area contributed by atoms with E-state index in [4.69, 9.17) is 0 Å². The lowest BCUT2D eigenvalue weighted by Gasteiger charge is -2.35. The van der Waals surface area contributed by atoms with E-state index in [2.05, 4.69) is 29.4 Å². The molecular weight excluding hydrogens is 388 g/mol. The van der Waals surface area contributed by atoms with E-state index in [1.54, 1.807) is 0 Å². The predicted octanol–water partition coefficient (Wildman–Crippen LogP) is 2.43. The molecule has 2 fully saturated rings. The number of hydrogen-bond donors (Lipinski definition) is 2. The summed E-state index contributed by atoms with van der Waals surface area (Å²) in [7, 11) is 0. The molecule has 0 saturated carbocycles. The summed E-state index contributed by atoms with van der Waals surface area (Å²) in [4.78, 5) is 29.4. The Morgan fingerprint density at radius 3 is 2.62 bits per heavy atom. The number of carbonyl (C=O) groups excluding carboxylic acids is 2. The third-order valence-electron chi connectivity index (χ3n) is 5.72. The third-order valence-corrected chi connectivity index (χ3v) is 5.72. The minimum absolute atomic E-state index is 0. The molecule has 1 aromatic rings. The van der Waals surface area contributed by atoms with E-state index in [0.29, 0.717) is 19.0 Å². The van der Waals surface area contributed by atoms with Crippen molar-refractivity contribution in [2.45, 2.75) is 51.6 Å². The van der Waals surface area contributed by atoms with Crippen molar-refractivity contribution in [3.63, 3.8) is 0 Å². The number of halogens is 1. The van der Waals surface area contributed by atoms with Crippen molar-refractivity contribution >= 4 is 29.9 Å². The summed E-state index contributed by atoms with van der Waals surface area (Å²) in [6.45, 7) is 7.99. The fraction of sp³-hybridized carbons (Fsp3) is 0.636. The first-order valence-corrected chi connectivity index (χ1v) is 10.6. The molecule has 6 nitrogen and oxygen atoms in total. The predicted molar refractivity (Wildman–Crippen MR) is 120 cm³/mol. The fourth-order valence-electron chi connectivity index (χ4n) is 4.32. The van der Waals surface area contributed by atoms with Crippen molar-refractivity contribution in [2.75, 3.05) is 37.6 Å². The van der Waals surface area contributed by atoms with Gasteiger partial charge >= 0.3 is 0 Å². The van der Waals surface area contributed by atoms with E-state index < -0.39 is 0 Å². The number of para-hydroxylation sites is 1. The average Bonchev–Trinajstić information content (AvgIpc) is 3.22. The number of nitrogens with one attached hydrogen (secondary N) is 2. The van der Waals surface area contributed by atoms with Crippen LogP contribution in [0.25, 0.3) is 0 Å². The number of piperidine rings is 1. The number of amides is 2. The van der Waals surface area contributed by atoms with Gasteiger partial charge in [0.15, 0.2) is 0 Å². The van der Waals surface area contributed by atoms with Crippen molar-refractivity contribution in [1.29, 1.82) is 0 Å². The molecule has 3 rings (SSSR count). The van der Waals surface area contributed by atoms with Crippen LogP contribution >= 0.6 is 12.4 Å². The van der Waals surface area contributed by atoms with Crippen LogP contribution in [-0.2, 0) is 9.59 Å². The van der Waals surface area contributed by atoms with Gasteiger partial charge in [-0.15, -0.1) is 12.4 Å². The molecule has 2 saturated heterocycles. The summed E-state index contributed by atoms with van der Waals surface area (Å²) >= 11 is 0. The van der Waals surface area contributed by atoms with Crippen LogP contribution in [0, 0.1) is 5.92 Å². The van der Waals surface area contributed by atoms with Gasteiger partial charge in [0, 0.05) is 24.8 Å². The van der Waals surface area contributed by atoms with Crippen molar-refractivity contribution < 1.29 is 9.59 Å². The molecule has 7 heteroatoms. The van der Waals surface area contributed by atoms with E-state index in [0.717, 1.165) is 51.0 Å². The van der Waals surface area contributed by atoms with E-state index in [-0.39, 0.29) is 36.3 Å². The van der Waals surface area contributed by atoms with Gasteiger partial charge < -0.3 is 15.5 Å². The van der Waals surface area contributed by atoms with Crippen molar-refractivity contribution in [2.24, 2.45) is 5.92 Å². The molecule has 162 valence electrons. The molecule has 2 N–H and O–H groups in total. The highest BCUT2D eigenvalue weighted by atomic mass is 35.5. The summed E-state index contributed by atoms with van der Waals surface area (Å²) in [5.41, 5.74) is 0.951. The minimum atomic E-state index is -0.0215. The molecule has 0 spiro atoms. The number of rotatable bonds is 7. The smallest absolute Gasteiger partial charge is 0.241 e. The molecular formula is C22H35ClN4O2. The molecule has 2 atom stereocenters. The molecule has 2 unspecified atom stereocenters.